The van der Waals surface area contributed by atoms with Crippen LogP contribution in [0.5, 0.6) is 0 Å². The molecule has 0 heterocycles. The molecular weight excluding hydrogens is 179 g/mol. The predicted octanol–water partition coefficient (Wildman–Crippen LogP) is 3.12. The molecule has 0 aromatic heterocycles. The maximum Gasteiger partial charge on any atom is 0.272 e. The van der Waals surface area contributed by atoms with E-state index in [0.717, 1.165) is 10.6 Å². The third-order valence-electron chi connectivity index (χ3n) is 0.818. The van der Waals surface area contributed by atoms with Gasteiger partial charge in [0.15, 0.2) is 0 Å². The number of hydrogen-bond donors (Lipinski definition) is 0. The smallest absolute Gasteiger partial charge is 0.272 e. The van der Waals surface area contributed by atoms with Crippen LogP contribution in [0.1, 0.15) is 13.8 Å². The molecule has 0 aromatic rings. The maximum absolute atomic E-state index is 11.2. The van der Waals surface area contributed by atoms with Gasteiger partial charge in [-0.15, -0.1) is 0 Å². The molecule has 0 aromatic carbocycles. The third kappa shape index (κ3) is 3.51. The SMILES string of the molecule is CCOP(=O)(CC)SCl. The van der Waals surface area contributed by atoms with Crippen LogP contribution in [-0.4, -0.2) is 12.8 Å². The summed E-state index contributed by atoms with van der Waals surface area (Å²) in [5.41, 5.74) is 0. The Morgan fingerprint density at radius 2 is 2.22 bits per heavy atom. The van der Waals surface area contributed by atoms with Crippen molar-refractivity contribution in [2.75, 3.05) is 12.8 Å². The van der Waals surface area contributed by atoms with Crippen molar-refractivity contribution in [2.24, 2.45) is 0 Å². The molecule has 0 radical (unpaired) electrons. The van der Waals surface area contributed by atoms with E-state index in [1.807, 2.05) is 0 Å². The molecule has 1 unspecified atom stereocenters. The lowest BCUT2D eigenvalue weighted by atomic mass is 10.9. The molecule has 0 aliphatic rings. The Balaban J connectivity index is 3.78. The summed E-state index contributed by atoms with van der Waals surface area (Å²) in [6.45, 7) is 1.56. The summed E-state index contributed by atoms with van der Waals surface area (Å²) in [7, 11) is 6.12. The van der Waals surface area contributed by atoms with Crippen LogP contribution in [0.25, 0.3) is 0 Å². The minimum Gasteiger partial charge on any atom is -0.321 e. The van der Waals surface area contributed by atoms with E-state index in [4.69, 9.17) is 15.2 Å². The minimum absolute atomic E-state index is 0.463. The molecule has 0 aliphatic carbocycles. The van der Waals surface area contributed by atoms with Gasteiger partial charge >= 0.3 is 0 Å². The van der Waals surface area contributed by atoms with Crippen molar-refractivity contribution in [1.29, 1.82) is 0 Å². The molecule has 0 amide bonds. The Bertz CT molecular complexity index is 111. The Hall–Kier alpha value is 0.830. The van der Waals surface area contributed by atoms with Crippen molar-refractivity contribution in [2.45, 2.75) is 13.8 Å². The summed E-state index contributed by atoms with van der Waals surface area (Å²) in [5.74, 6) is 0. The zero-order valence-corrected chi connectivity index (χ0v) is 7.93. The topological polar surface area (TPSA) is 26.3 Å². The highest BCUT2D eigenvalue weighted by molar-refractivity contribution is 8.67. The van der Waals surface area contributed by atoms with E-state index >= 15 is 0 Å². The van der Waals surface area contributed by atoms with Gasteiger partial charge in [0, 0.05) is 16.8 Å². The first-order chi connectivity index (χ1) is 4.18. The predicted molar refractivity (Wildman–Crippen MR) is 43.2 cm³/mol. The molecule has 0 spiro atoms. The second kappa shape index (κ2) is 4.62. The van der Waals surface area contributed by atoms with Gasteiger partial charge < -0.3 is 4.52 Å². The molecule has 0 N–H and O–H groups in total. The zero-order chi connectivity index (χ0) is 7.33. The van der Waals surface area contributed by atoms with E-state index in [1.165, 1.54) is 0 Å². The summed E-state index contributed by atoms with van der Waals surface area (Å²) in [6, 6.07) is 0. The van der Waals surface area contributed by atoms with Gasteiger partial charge in [-0.2, -0.15) is 0 Å². The van der Waals surface area contributed by atoms with Gasteiger partial charge in [0.25, 0.3) is 6.57 Å². The lowest BCUT2D eigenvalue weighted by Crippen LogP contribution is -1.85. The van der Waals surface area contributed by atoms with E-state index < -0.39 is 6.57 Å². The molecular formula is C4H10ClO2PS. The van der Waals surface area contributed by atoms with Crippen LogP contribution < -0.4 is 0 Å². The molecule has 0 saturated heterocycles. The van der Waals surface area contributed by atoms with Crippen LogP contribution in [0.4, 0.5) is 0 Å². The fourth-order valence-corrected chi connectivity index (χ4v) is 3.04. The largest absolute Gasteiger partial charge is 0.321 e. The Labute approximate surface area is 64.0 Å². The van der Waals surface area contributed by atoms with Gasteiger partial charge in [0.2, 0.25) is 0 Å². The fraction of sp³-hybridized carbons (Fsp3) is 1.00. The molecule has 0 fully saturated rings. The Morgan fingerprint density at radius 3 is 2.33 bits per heavy atom. The summed E-state index contributed by atoms with van der Waals surface area (Å²) in [5, 5.41) is 0. The zero-order valence-electron chi connectivity index (χ0n) is 5.46. The molecule has 0 aliphatic heterocycles. The molecule has 56 valence electrons. The van der Waals surface area contributed by atoms with Gasteiger partial charge in [0.1, 0.15) is 0 Å². The summed E-state index contributed by atoms with van der Waals surface area (Å²) < 4.78 is 16.1. The summed E-state index contributed by atoms with van der Waals surface area (Å²) >= 11 is 0. The van der Waals surface area contributed by atoms with Crippen LogP contribution in [0.3, 0.4) is 0 Å². The van der Waals surface area contributed by atoms with Crippen molar-refractivity contribution in [3.8, 4) is 0 Å². The molecule has 0 saturated carbocycles. The van der Waals surface area contributed by atoms with E-state index in [9.17, 15) is 4.57 Å². The van der Waals surface area contributed by atoms with Crippen LogP contribution in [0, 0.1) is 0 Å². The highest BCUT2D eigenvalue weighted by Gasteiger charge is 2.18. The van der Waals surface area contributed by atoms with Gasteiger partial charge in [-0.25, -0.2) is 0 Å². The summed E-state index contributed by atoms with van der Waals surface area (Å²) in [4.78, 5) is 0. The van der Waals surface area contributed by atoms with Crippen LogP contribution in [0.2, 0.25) is 0 Å². The molecule has 0 bridgehead atoms. The Morgan fingerprint density at radius 1 is 1.67 bits per heavy atom. The molecule has 0 rings (SSSR count). The van der Waals surface area contributed by atoms with E-state index in [0.29, 0.717) is 12.8 Å². The first-order valence-corrected chi connectivity index (χ1v) is 6.78. The number of rotatable bonds is 4. The third-order valence-corrected chi connectivity index (χ3v) is 6.07. The van der Waals surface area contributed by atoms with Gasteiger partial charge in [-0.3, -0.25) is 4.57 Å². The van der Waals surface area contributed by atoms with Crippen molar-refractivity contribution >= 4 is 27.8 Å². The maximum atomic E-state index is 11.2. The lowest BCUT2D eigenvalue weighted by Gasteiger charge is -2.09. The second-order valence-electron chi connectivity index (χ2n) is 1.41. The van der Waals surface area contributed by atoms with Gasteiger partial charge in [-0.05, 0) is 17.6 Å². The molecule has 5 heteroatoms. The number of halogens is 1. The second-order valence-corrected chi connectivity index (χ2v) is 6.99. The molecule has 2 nitrogen and oxygen atoms in total. The normalized spacial score (nSPS) is 17.2. The molecule has 9 heavy (non-hydrogen) atoms. The van der Waals surface area contributed by atoms with Gasteiger partial charge in [-0.1, -0.05) is 6.92 Å². The number of hydrogen-bond acceptors (Lipinski definition) is 3. The lowest BCUT2D eigenvalue weighted by molar-refractivity contribution is 0.347. The highest BCUT2D eigenvalue weighted by Crippen LogP contribution is 2.61. The van der Waals surface area contributed by atoms with Crippen molar-refractivity contribution in [3.05, 3.63) is 0 Å². The van der Waals surface area contributed by atoms with Crippen molar-refractivity contribution in [1.82, 2.24) is 0 Å². The van der Waals surface area contributed by atoms with E-state index in [1.54, 1.807) is 13.8 Å². The Kier molecular flexibility index (Phi) is 5.04. The van der Waals surface area contributed by atoms with E-state index in [2.05, 4.69) is 0 Å². The van der Waals surface area contributed by atoms with Crippen molar-refractivity contribution in [3.63, 3.8) is 0 Å². The van der Waals surface area contributed by atoms with Crippen LogP contribution in [0.15, 0.2) is 0 Å². The van der Waals surface area contributed by atoms with Crippen LogP contribution >= 0.6 is 27.8 Å². The fourth-order valence-electron chi connectivity index (χ4n) is 0.357. The first kappa shape index (κ1) is 9.83. The van der Waals surface area contributed by atoms with Crippen LogP contribution in [-0.2, 0) is 9.09 Å². The van der Waals surface area contributed by atoms with Gasteiger partial charge in [0.05, 0.1) is 6.61 Å². The van der Waals surface area contributed by atoms with E-state index in [-0.39, 0.29) is 0 Å². The highest BCUT2D eigenvalue weighted by atomic mass is 35.7. The standard InChI is InChI=1S/C4H10ClO2PS/c1-3-7-8(6,4-2)9-5/h3-4H2,1-2H3. The monoisotopic (exact) mass is 188 g/mol. The first-order valence-electron chi connectivity index (χ1n) is 2.72. The van der Waals surface area contributed by atoms with Crippen molar-refractivity contribution < 1.29 is 9.09 Å². The average Bonchev–Trinajstić information content (AvgIpc) is 1.89. The summed E-state index contributed by atoms with van der Waals surface area (Å²) in [6.07, 6.45) is 0.495. The average molecular weight is 189 g/mol. The molecule has 1 atom stereocenters. The minimum atomic E-state index is -2.50. The quantitative estimate of drug-likeness (QED) is 0.634.